The summed E-state index contributed by atoms with van der Waals surface area (Å²) in [5.41, 5.74) is 3.97. The number of benzene rings is 3. The van der Waals surface area contributed by atoms with Crippen molar-refractivity contribution in [3.63, 3.8) is 0 Å². The third-order valence-corrected chi connectivity index (χ3v) is 6.45. The smallest absolute Gasteiger partial charge is 0.295 e. The van der Waals surface area contributed by atoms with Gasteiger partial charge in [0.05, 0.1) is 25.8 Å². The molecule has 4 rings (SSSR count). The highest BCUT2D eigenvalue weighted by Gasteiger charge is 2.45. The highest BCUT2D eigenvalue weighted by Crippen LogP contribution is 2.40. The number of carbonyl (C=O) groups is 2. The number of rotatable bonds is 7. The van der Waals surface area contributed by atoms with Crippen molar-refractivity contribution in [2.75, 3.05) is 20.8 Å². The van der Waals surface area contributed by atoms with Gasteiger partial charge in [-0.1, -0.05) is 42.5 Å². The Morgan fingerprint density at radius 2 is 1.60 bits per heavy atom. The number of hydrogen-bond acceptors (Lipinski definition) is 5. The topological polar surface area (TPSA) is 76.1 Å². The second-order valence-corrected chi connectivity index (χ2v) is 8.64. The van der Waals surface area contributed by atoms with Crippen molar-refractivity contribution < 1.29 is 24.2 Å². The standard InChI is InChI=1S/C29H29NO5/c1-18-17-24(35-4)19(2)16-23(18)27(31)25-26(21-8-6-5-7-9-21)30(29(33)28(25)32)15-14-20-10-12-22(34-3)13-11-20/h5-13,16-17,26,31H,14-15H2,1-4H3/b27-25+. The number of likely N-dealkylation sites (tertiary alicyclic amines) is 1. The Hall–Kier alpha value is -4.06. The molecule has 0 saturated carbocycles. The van der Waals surface area contributed by atoms with E-state index in [9.17, 15) is 14.7 Å². The number of hydrogen-bond donors (Lipinski definition) is 1. The largest absolute Gasteiger partial charge is 0.507 e. The van der Waals surface area contributed by atoms with E-state index in [1.54, 1.807) is 25.2 Å². The highest BCUT2D eigenvalue weighted by molar-refractivity contribution is 6.46. The molecule has 1 heterocycles. The Morgan fingerprint density at radius 1 is 0.914 bits per heavy atom. The molecule has 1 fully saturated rings. The van der Waals surface area contributed by atoms with E-state index in [-0.39, 0.29) is 11.3 Å². The molecule has 1 aliphatic heterocycles. The summed E-state index contributed by atoms with van der Waals surface area (Å²) < 4.78 is 10.6. The van der Waals surface area contributed by atoms with Crippen LogP contribution < -0.4 is 9.47 Å². The summed E-state index contributed by atoms with van der Waals surface area (Å²) in [4.78, 5) is 28.0. The maximum absolute atomic E-state index is 13.3. The lowest BCUT2D eigenvalue weighted by atomic mass is 9.93. The average molecular weight is 472 g/mol. The van der Waals surface area contributed by atoms with Gasteiger partial charge in [-0.15, -0.1) is 0 Å². The number of aliphatic hydroxyl groups is 1. The fourth-order valence-corrected chi connectivity index (χ4v) is 4.54. The highest BCUT2D eigenvalue weighted by atomic mass is 16.5. The summed E-state index contributed by atoms with van der Waals surface area (Å²) in [5, 5.41) is 11.4. The number of ketones is 1. The van der Waals surface area contributed by atoms with Crippen molar-refractivity contribution in [2.45, 2.75) is 26.3 Å². The van der Waals surface area contributed by atoms with Crippen LogP contribution in [0.4, 0.5) is 0 Å². The van der Waals surface area contributed by atoms with Gasteiger partial charge in [0.25, 0.3) is 11.7 Å². The third-order valence-electron chi connectivity index (χ3n) is 6.45. The first-order chi connectivity index (χ1) is 16.8. The third kappa shape index (κ3) is 4.64. The molecule has 1 atom stereocenters. The fraction of sp³-hybridized carbons (Fsp3) is 0.241. The Morgan fingerprint density at radius 3 is 2.23 bits per heavy atom. The van der Waals surface area contributed by atoms with Crippen LogP contribution in [0.15, 0.2) is 72.3 Å². The minimum absolute atomic E-state index is 0.101. The number of ether oxygens (including phenoxy) is 2. The van der Waals surface area contributed by atoms with Crippen LogP contribution in [0.5, 0.6) is 11.5 Å². The van der Waals surface area contributed by atoms with Gasteiger partial charge in [-0.3, -0.25) is 9.59 Å². The van der Waals surface area contributed by atoms with Crippen molar-refractivity contribution in [1.82, 2.24) is 4.90 Å². The number of aryl methyl sites for hydroxylation is 2. The van der Waals surface area contributed by atoms with Gasteiger partial charge in [-0.2, -0.15) is 0 Å². The van der Waals surface area contributed by atoms with Gasteiger partial charge in [0.1, 0.15) is 17.3 Å². The van der Waals surface area contributed by atoms with Crippen molar-refractivity contribution in [2.24, 2.45) is 0 Å². The lowest BCUT2D eigenvalue weighted by Gasteiger charge is -2.25. The zero-order chi connectivity index (χ0) is 25.1. The summed E-state index contributed by atoms with van der Waals surface area (Å²) in [6.45, 7) is 4.04. The summed E-state index contributed by atoms with van der Waals surface area (Å²) in [7, 11) is 3.20. The summed E-state index contributed by atoms with van der Waals surface area (Å²) in [5.74, 6) is -0.0228. The molecule has 1 saturated heterocycles. The van der Waals surface area contributed by atoms with Crippen molar-refractivity contribution in [3.8, 4) is 11.5 Å². The molecular formula is C29H29NO5. The van der Waals surface area contributed by atoms with Crippen LogP contribution in [0.3, 0.4) is 0 Å². The Kier molecular flexibility index (Phi) is 6.92. The molecular weight excluding hydrogens is 442 g/mol. The molecule has 6 heteroatoms. The predicted octanol–water partition coefficient (Wildman–Crippen LogP) is 4.99. The van der Waals surface area contributed by atoms with E-state index in [0.29, 0.717) is 24.3 Å². The molecule has 0 aromatic heterocycles. The maximum Gasteiger partial charge on any atom is 0.295 e. The number of methoxy groups -OCH3 is 2. The van der Waals surface area contributed by atoms with Crippen LogP contribution in [-0.4, -0.2) is 42.5 Å². The molecule has 3 aromatic rings. The SMILES string of the molecule is COc1ccc(CCN2C(=O)C(=O)/C(=C(/O)c3cc(C)c(OC)cc3C)C2c2ccccc2)cc1. The first-order valence-electron chi connectivity index (χ1n) is 11.5. The van der Waals surface area contributed by atoms with Crippen LogP contribution in [0, 0.1) is 13.8 Å². The van der Waals surface area contributed by atoms with Crippen LogP contribution in [0.25, 0.3) is 5.76 Å². The molecule has 180 valence electrons. The van der Waals surface area contributed by atoms with E-state index < -0.39 is 17.7 Å². The van der Waals surface area contributed by atoms with Gasteiger partial charge >= 0.3 is 0 Å². The maximum atomic E-state index is 13.3. The second kappa shape index (κ2) is 10.1. The molecule has 0 bridgehead atoms. The Bertz CT molecular complexity index is 1280. The van der Waals surface area contributed by atoms with Gasteiger partial charge in [-0.25, -0.2) is 0 Å². The van der Waals surface area contributed by atoms with Gasteiger partial charge < -0.3 is 19.5 Å². The minimum Gasteiger partial charge on any atom is -0.507 e. The normalized spacial score (nSPS) is 17.0. The zero-order valence-corrected chi connectivity index (χ0v) is 20.4. The molecule has 6 nitrogen and oxygen atoms in total. The number of amides is 1. The lowest BCUT2D eigenvalue weighted by Crippen LogP contribution is -2.31. The fourth-order valence-electron chi connectivity index (χ4n) is 4.54. The molecule has 1 aliphatic rings. The van der Waals surface area contributed by atoms with Crippen molar-refractivity contribution in [3.05, 3.63) is 100 Å². The minimum atomic E-state index is -0.684. The predicted molar refractivity (Wildman–Crippen MR) is 135 cm³/mol. The first kappa shape index (κ1) is 24.1. The molecule has 1 N–H and O–H groups in total. The second-order valence-electron chi connectivity index (χ2n) is 8.64. The van der Waals surface area contributed by atoms with E-state index >= 15 is 0 Å². The van der Waals surface area contributed by atoms with Crippen molar-refractivity contribution >= 4 is 17.4 Å². The van der Waals surface area contributed by atoms with E-state index in [1.165, 1.54) is 0 Å². The number of Topliss-reactive ketones (excluding diaryl/α,β-unsaturated/α-hetero) is 1. The quantitative estimate of drug-likeness (QED) is 0.299. The van der Waals surface area contributed by atoms with Gasteiger partial charge in [0.15, 0.2) is 0 Å². The van der Waals surface area contributed by atoms with Crippen LogP contribution in [-0.2, 0) is 16.0 Å². The zero-order valence-electron chi connectivity index (χ0n) is 20.4. The molecule has 0 radical (unpaired) electrons. The van der Waals surface area contributed by atoms with Crippen LogP contribution >= 0.6 is 0 Å². The number of aliphatic hydroxyl groups excluding tert-OH is 1. The Balaban J connectivity index is 1.77. The van der Waals surface area contributed by atoms with Crippen LogP contribution in [0.2, 0.25) is 0 Å². The molecule has 1 unspecified atom stereocenters. The van der Waals surface area contributed by atoms with E-state index in [2.05, 4.69) is 0 Å². The number of carbonyl (C=O) groups excluding carboxylic acids is 2. The van der Waals surface area contributed by atoms with Gasteiger partial charge in [0, 0.05) is 12.1 Å². The van der Waals surface area contributed by atoms with Gasteiger partial charge in [0.2, 0.25) is 0 Å². The van der Waals surface area contributed by atoms with E-state index in [0.717, 1.165) is 28.0 Å². The summed E-state index contributed by atoms with van der Waals surface area (Å²) in [6, 6.07) is 19.9. The molecule has 0 spiro atoms. The first-order valence-corrected chi connectivity index (χ1v) is 11.5. The number of nitrogens with zero attached hydrogens (tertiary/aromatic N) is 1. The average Bonchev–Trinajstić information content (AvgIpc) is 3.13. The monoisotopic (exact) mass is 471 g/mol. The van der Waals surface area contributed by atoms with E-state index in [4.69, 9.17) is 9.47 Å². The molecule has 35 heavy (non-hydrogen) atoms. The molecule has 0 aliphatic carbocycles. The van der Waals surface area contributed by atoms with Gasteiger partial charge in [-0.05, 0) is 66.8 Å². The summed E-state index contributed by atoms with van der Waals surface area (Å²) in [6.07, 6.45) is 0.557. The molecule has 1 amide bonds. The summed E-state index contributed by atoms with van der Waals surface area (Å²) >= 11 is 0. The molecule has 3 aromatic carbocycles. The van der Waals surface area contributed by atoms with Crippen molar-refractivity contribution in [1.29, 1.82) is 0 Å². The lowest BCUT2D eigenvalue weighted by molar-refractivity contribution is -0.139. The van der Waals surface area contributed by atoms with E-state index in [1.807, 2.05) is 74.5 Å². The van der Waals surface area contributed by atoms with Crippen LogP contribution in [0.1, 0.15) is 33.9 Å². The Labute approximate surface area is 205 Å².